The van der Waals surface area contributed by atoms with Gasteiger partial charge in [0.2, 0.25) is 5.91 Å². The van der Waals surface area contributed by atoms with Crippen molar-refractivity contribution < 1.29 is 19.4 Å². The molecule has 5 heterocycles. The molecule has 2 aliphatic heterocycles. The first kappa shape index (κ1) is 26.0. The van der Waals surface area contributed by atoms with Gasteiger partial charge in [0, 0.05) is 54.8 Å². The summed E-state index contributed by atoms with van der Waals surface area (Å²) in [6, 6.07) is 13.2. The predicted octanol–water partition coefficient (Wildman–Crippen LogP) is 5.17. The summed E-state index contributed by atoms with van der Waals surface area (Å²) in [7, 11) is 0. The summed E-state index contributed by atoms with van der Waals surface area (Å²) >= 11 is 0. The second kappa shape index (κ2) is 10.1. The molecule has 2 fully saturated rings. The first-order valence-corrected chi connectivity index (χ1v) is 13.7. The molecule has 2 N–H and O–H groups in total. The second-order valence-electron chi connectivity index (χ2n) is 11.1. The molecule has 2 saturated heterocycles. The monoisotopic (exact) mass is 539 g/mol. The lowest BCUT2D eigenvalue weighted by Gasteiger charge is -2.30. The second-order valence-corrected chi connectivity index (χ2v) is 11.1. The number of rotatable bonds is 6. The third-order valence-electron chi connectivity index (χ3n) is 7.84. The number of carbonyl (C=O) groups excluding carboxylic acids is 2. The summed E-state index contributed by atoms with van der Waals surface area (Å²) in [4.78, 5) is 41.0. The van der Waals surface area contributed by atoms with Gasteiger partial charge in [-0.05, 0) is 69.5 Å². The zero-order valence-electron chi connectivity index (χ0n) is 23.0. The van der Waals surface area contributed by atoms with Crippen molar-refractivity contribution in [2.45, 2.75) is 51.7 Å². The number of aromatic amines is 1. The Labute approximate surface area is 232 Å². The highest BCUT2D eigenvalue weighted by molar-refractivity contribution is 5.93. The van der Waals surface area contributed by atoms with E-state index in [1.54, 1.807) is 50.2 Å². The van der Waals surface area contributed by atoms with Crippen LogP contribution in [0.5, 0.6) is 11.5 Å². The molecule has 6 rings (SSSR count). The number of benzene rings is 1. The predicted molar refractivity (Wildman–Crippen MR) is 151 cm³/mol. The van der Waals surface area contributed by atoms with Gasteiger partial charge in [-0.3, -0.25) is 14.6 Å². The number of nitrogens with zero attached hydrogens (tertiary/aromatic N) is 4. The lowest BCUT2D eigenvalue weighted by atomic mass is 10.0. The van der Waals surface area contributed by atoms with Gasteiger partial charge in [-0.25, -0.2) is 4.98 Å². The van der Waals surface area contributed by atoms with Gasteiger partial charge in [-0.2, -0.15) is 0 Å². The highest BCUT2D eigenvalue weighted by atomic mass is 16.5. The number of nitrogens with one attached hydrogen (secondary N) is 1. The van der Waals surface area contributed by atoms with E-state index in [1.807, 2.05) is 29.2 Å². The van der Waals surface area contributed by atoms with Crippen molar-refractivity contribution in [2.75, 3.05) is 19.6 Å². The quantitative estimate of drug-likeness (QED) is 0.350. The molecule has 2 aliphatic rings. The highest BCUT2D eigenvalue weighted by Crippen LogP contribution is 2.41. The van der Waals surface area contributed by atoms with Crippen LogP contribution in [0.15, 0.2) is 54.9 Å². The Bertz CT molecular complexity index is 1570. The highest BCUT2D eigenvalue weighted by Gasteiger charge is 2.31. The van der Waals surface area contributed by atoms with Crippen LogP contribution in [-0.4, -0.2) is 61.3 Å². The number of ether oxygens (including phenoxy) is 1. The van der Waals surface area contributed by atoms with Crippen LogP contribution >= 0.6 is 0 Å². The molecule has 1 unspecified atom stereocenters. The van der Waals surface area contributed by atoms with Crippen molar-refractivity contribution in [3.63, 3.8) is 0 Å². The number of carbonyl (C=O) groups is 2. The molecule has 1 aromatic carbocycles. The summed E-state index contributed by atoms with van der Waals surface area (Å²) in [5.74, 6) is 1.14. The van der Waals surface area contributed by atoms with Crippen molar-refractivity contribution in [3.8, 4) is 22.9 Å². The first-order chi connectivity index (χ1) is 19.2. The number of fused-ring (bicyclic) bond motifs is 1. The van der Waals surface area contributed by atoms with Crippen LogP contribution in [-0.2, 0) is 10.4 Å². The summed E-state index contributed by atoms with van der Waals surface area (Å²) in [6.07, 6.45) is 6.06. The Morgan fingerprint density at radius 3 is 2.48 bits per heavy atom. The van der Waals surface area contributed by atoms with E-state index >= 15 is 0 Å². The number of pyridine rings is 2. The molecule has 2 amide bonds. The van der Waals surface area contributed by atoms with Crippen LogP contribution in [0.2, 0.25) is 0 Å². The maximum absolute atomic E-state index is 12.5. The molecule has 0 aliphatic carbocycles. The molecule has 0 bridgehead atoms. The van der Waals surface area contributed by atoms with Gasteiger partial charge in [-0.15, -0.1) is 0 Å². The summed E-state index contributed by atoms with van der Waals surface area (Å²) in [5.41, 5.74) is 3.60. The maximum Gasteiger partial charge on any atom is 0.272 e. The Morgan fingerprint density at radius 1 is 1.02 bits per heavy atom. The Balaban J connectivity index is 1.36. The molecule has 0 radical (unpaired) electrons. The van der Waals surface area contributed by atoms with Crippen LogP contribution in [0.1, 0.15) is 67.7 Å². The van der Waals surface area contributed by atoms with Crippen molar-refractivity contribution in [2.24, 2.45) is 0 Å². The number of hydrogen-bond acceptors (Lipinski definition) is 6. The largest absolute Gasteiger partial charge is 0.455 e. The van der Waals surface area contributed by atoms with Crippen molar-refractivity contribution >= 4 is 22.7 Å². The first-order valence-electron chi connectivity index (χ1n) is 13.7. The van der Waals surface area contributed by atoms with E-state index in [1.165, 1.54) is 0 Å². The van der Waals surface area contributed by atoms with E-state index in [-0.39, 0.29) is 17.9 Å². The van der Waals surface area contributed by atoms with E-state index in [9.17, 15) is 14.7 Å². The maximum atomic E-state index is 12.5. The van der Waals surface area contributed by atoms with Gasteiger partial charge < -0.3 is 24.6 Å². The topological polar surface area (TPSA) is 112 Å². The van der Waals surface area contributed by atoms with Gasteiger partial charge >= 0.3 is 0 Å². The van der Waals surface area contributed by atoms with Gasteiger partial charge in [0.1, 0.15) is 17.2 Å². The van der Waals surface area contributed by atoms with Gasteiger partial charge in [0.15, 0.2) is 0 Å². The minimum Gasteiger partial charge on any atom is -0.455 e. The zero-order chi connectivity index (χ0) is 28.0. The normalized spacial score (nSPS) is 17.2. The number of H-pyrrole nitrogens is 1. The fourth-order valence-electron chi connectivity index (χ4n) is 5.42. The third kappa shape index (κ3) is 4.93. The van der Waals surface area contributed by atoms with Crippen LogP contribution in [0.25, 0.3) is 22.3 Å². The molecular formula is C31H33N5O4. The van der Waals surface area contributed by atoms with Crippen LogP contribution in [0.3, 0.4) is 0 Å². The third-order valence-corrected chi connectivity index (χ3v) is 7.84. The molecule has 9 nitrogen and oxygen atoms in total. The number of hydrogen-bond donors (Lipinski definition) is 2. The van der Waals surface area contributed by atoms with E-state index in [4.69, 9.17) is 4.74 Å². The fraction of sp³-hybridized carbons (Fsp3) is 0.355. The molecule has 4 aromatic rings. The fourth-order valence-corrected chi connectivity index (χ4v) is 5.42. The number of likely N-dealkylation sites (tertiary alicyclic amines) is 2. The minimum absolute atomic E-state index is 0.0346. The van der Waals surface area contributed by atoms with E-state index in [2.05, 4.69) is 21.0 Å². The summed E-state index contributed by atoms with van der Waals surface area (Å²) < 4.78 is 6.38. The molecule has 0 saturated carbocycles. The standard InChI is InChI=1S/C31H33N5O4/c1-19(37)36-13-4-6-28(36)23-16-26-20(14-27(34-26)24-9-7-21(17-32-24)31(2,3)39)15-29(23)40-22-8-10-25(33-18-22)30(38)35-11-5-12-35/h7-10,14-18,28,34,39H,4-6,11-13H2,1-3H3. The number of amides is 2. The van der Waals surface area contributed by atoms with Crippen molar-refractivity contribution in [1.29, 1.82) is 0 Å². The average Bonchev–Trinajstić information content (AvgIpc) is 3.54. The molecule has 3 aromatic heterocycles. The Morgan fingerprint density at radius 2 is 1.85 bits per heavy atom. The molecule has 1 atom stereocenters. The molecule has 40 heavy (non-hydrogen) atoms. The number of aliphatic hydroxyl groups is 1. The lowest BCUT2D eigenvalue weighted by Crippen LogP contribution is -2.42. The number of aromatic nitrogens is 3. The Hall–Kier alpha value is -4.24. The Kier molecular flexibility index (Phi) is 6.54. The SMILES string of the molecule is CC(=O)N1CCCC1c1cc2[nH]c(-c3ccc(C(C)(C)O)cn3)cc2cc1Oc1ccc(C(=O)N2CCC2)nc1. The average molecular weight is 540 g/mol. The minimum atomic E-state index is -0.966. The van der Waals surface area contributed by atoms with Crippen molar-refractivity contribution in [3.05, 3.63) is 71.7 Å². The lowest BCUT2D eigenvalue weighted by molar-refractivity contribution is -0.129. The summed E-state index contributed by atoms with van der Waals surface area (Å²) in [5, 5.41) is 11.2. The van der Waals surface area contributed by atoms with Crippen LogP contribution < -0.4 is 4.74 Å². The zero-order valence-corrected chi connectivity index (χ0v) is 23.0. The van der Waals surface area contributed by atoms with Gasteiger partial charge in [0.05, 0.1) is 29.2 Å². The molecule has 206 valence electrons. The van der Waals surface area contributed by atoms with E-state index in [0.29, 0.717) is 23.7 Å². The molecule has 0 spiro atoms. The smallest absolute Gasteiger partial charge is 0.272 e. The summed E-state index contributed by atoms with van der Waals surface area (Å²) in [6.45, 7) is 7.32. The molecule has 9 heteroatoms. The van der Waals surface area contributed by atoms with Crippen LogP contribution in [0, 0.1) is 0 Å². The van der Waals surface area contributed by atoms with E-state index < -0.39 is 5.60 Å². The van der Waals surface area contributed by atoms with E-state index in [0.717, 1.165) is 65.8 Å². The van der Waals surface area contributed by atoms with Crippen molar-refractivity contribution in [1.82, 2.24) is 24.8 Å². The van der Waals surface area contributed by atoms with Gasteiger partial charge in [-0.1, -0.05) is 6.07 Å². The molecular weight excluding hydrogens is 506 g/mol. The van der Waals surface area contributed by atoms with Gasteiger partial charge in [0.25, 0.3) is 5.91 Å². The van der Waals surface area contributed by atoms with Crippen LogP contribution in [0.4, 0.5) is 0 Å².